The maximum absolute atomic E-state index is 13.4. The SMILES string of the molecule is CCNC(=O)Nc1ccc(N2CCCN(C(=O)NC3CCCCC3)CC2)c(C(=O)NCc2ccc(F)cc2)c1. The summed E-state index contributed by atoms with van der Waals surface area (Å²) in [5.74, 6) is -0.635. The number of carbonyl (C=O) groups excluding carboxylic acids is 3. The van der Waals surface area contributed by atoms with Crippen LogP contribution < -0.4 is 26.2 Å². The topological polar surface area (TPSA) is 106 Å². The molecule has 4 rings (SSSR count). The van der Waals surface area contributed by atoms with E-state index in [1.807, 2.05) is 17.9 Å². The molecule has 2 fully saturated rings. The molecule has 0 atom stereocenters. The number of nitrogens with zero attached hydrogens (tertiary/aromatic N) is 2. The molecule has 0 unspecified atom stereocenters. The molecule has 1 saturated carbocycles. The first-order valence-corrected chi connectivity index (χ1v) is 13.9. The van der Waals surface area contributed by atoms with Crippen molar-refractivity contribution in [2.24, 2.45) is 0 Å². The summed E-state index contributed by atoms with van der Waals surface area (Å²) in [4.78, 5) is 42.4. The zero-order valence-corrected chi connectivity index (χ0v) is 22.6. The highest BCUT2D eigenvalue weighted by Crippen LogP contribution is 2.26. The Morgan fingerprint density at radius 1 is 0.897 bits per heavy atom. The molecule has 5 amide bonds. The van der Waals surface area contributed by atoms with Crippen LogP contribution >= 0.6 is 0 Å². The second-order valence-electron chi connectivity index (χ2n) is 10.1. The first-order valence-electron chi connectivity index (χ1n) is 13.9. The molecule has 210 valence electrons. The Morgan fingerprint density at radius 2 is 1.67 bits per heavy atom. The summed E-state index contributed by atoms with van der Waals surface area (Å²) in [6, 6.07) is 11.2. The zero-order chi connectivity index (χ0) is 27.6. The maximum Gasteiger partial charge on any atom is 0.319 e. The van der Waals surface area contributed by atoms with Gasteiger partial charge in [-0.2, -0.15) is 0 Å². The highest BCUT2D eigenvalue weighted by molar-refractivity contribution is 6.02. The zero-order valence-electron chi connectivity index (χ0n) is 22.6. The molecule has 1 aliphatic heterocycles. The fourth-order valence-electron chi connectivity index (χ4n) is 5.16. The Morgan fingerprint density at radius 3 is 2.41 bits per heavy atom. The van der Waals surface area contributed by atoms with Gasteiger partial charge in [-0.15, -0.1) is 0 Å². The second kappa shape index (κ2) is 13.8. The minimum atomic E-state index is -0.350. The molecule has 0 spiro atoms. The lowest BCUT2D eigenvalue weighted by atomic mass is 9.96. The predicted octanol–water partition coefficient (Wildman–Crippen LogP) is 4.45. The van der Waals surface area contributed by atoms with Crippen molar-refractivity contribution in [1.29, 1.82) is 0 Å². The Balaban J connectivity index is 1.47. The van der Waals surface area contributed by atoms with Crippen LogP contribution in [0.4, 0.5) is 25.4 Å². The van der Waals surface area contributed by atoms with E-state index >= 15 is 0 Å². The second-order valence-corrected chi connectivity index (χ2v) is 10.1. The number of carbonyl (C=O) groups is 3. The van der Waals surface area contributed by atoms with Gasteiger partial charge in [0.2, 0.25) is 0 Å². The quantitative estimate of drug-likeness (QED) is 0.418. The molecule has 39 heavy (non-hydrogen) atoms. The van der Waals surface area contributed by atoms with E-state index in [0.29, 0.717) is 44.0 Å². The van der Waals surface area contributed by atoms with Crippen molar-refractivity contribution in [3.8, 4) is 0 Å². The van der Waals surface area contributed by atoms with Gasteiger partial charge in [-0.3, -0.25) is 4.79 Å². The molecule has 2 aliphatic rings. The summed E-state index contributed by atoms with van der Waals surface area (Å²) in [6.45, 7) is 5.02. The molecular weight excluding hydrogens is 499 g/mol. The van der Waals surface area contributed by atoms with Gasteiger partial charge in [-0.25, -0.2) is 14.0 Å². The number of nitrogens with one attached hydrogen (secondary N) is 4. The number of hydrogen-bond donors (Lipinski definition) is 4. The number of benzene rings is 2. The van der Waals surface area contributed by atoms with Gasteiger partial charge in [0.15, 0.2) is 0 Å². The summed E-state index contributed by atoms with van der Waals surface area (Å²) in [5.41, 5.74) is 2.44. The molecule has 0 bridgehead atoms. The smallest absolute Gasteiger partial charge is 0.319 e. The lowest BCUT2D eigenvalue weighted by Crippen LogP contribution is -2.46. The predicted molar refractivity (Wildman–Crippen MR) is 151 cm³/mol. The third-order valence-electron chi connectivity index (χ3n) is 7.26. The minimum absolute atomic E-state index is 0.0116. The van der Waals surface area contributed by atoms with Crippen LogP contribution in [-0.2, 0) is 6.54 Å². The van der Waals surface area contributed by atoms with E-state index in [2.05, 4.69) is 26.2 Å². The molecule has 2 aromatic rings. The Kier molecular flexibility index (Phi) is 9.99. The van der Waals surface area contributed by atoms with E-state index in [1.165, 1.54) is 18.6 Å². The van der Waals surface area contributed by atoms with Crippen molar-refractivity contribution < 1.29 is 18.8 Å². The van der Waals surface area contributed by atoms with Crippen LogP contribution in [0.1, 0.15) is 61.4 Å². The summed E-state index contributed by atoms with van der Waals surface area (Å²) < 4.78 is 13.3. The molecule has 2 aromatic carbocycles. The molecule has 9 nitrogen and oxygen atoms in total. The summed E-state index contributed by atoms with van der Waals surface area (Å²) in [7, 11) is 0. The van der Waals surface area contributed by atoms with Crippen molar-refractivity contribution in [2.45, 2.75) is 58.0 Å². The lowest BCUT2D eigenvalue weighted by Gasteiger charge is -2.28. The van der Waals surface area contributed by atoms with Gasteiger partial charge in [-0.1, -0.05) is 31.4 Å². The fraction of sp³-hybridized carbons (Fsp3) is 0.483. The third kappa shape index (κ3) is 8.08. The average Bonchev–Trinajstić information content (AvgIpc) is 3.20. The van der Waals surface area contributed by atoms with Crippen LogP contribution in [-0.4, -0.2) is 61.6 Å². The maximum atomic E-state index is 13.4. The number of rotatable bonds is 7. The van der Waals surface area contributed by atoms with E-state index in [1.54, 1.807) is 24.3 Å². The first-order chi connectivity index (χ1) is 18.9. The van der Waals surface area contributed by atoms with Crippen molar-refractivity contribution >= 4 is 29.3 Å². The molecule has 1 saturated heterocycles. The van der Waals surface area contributed by atoms with Gasteiger partial charge in [0.1, 0.15) is 5.82 Å². The highest BCUT2D eigenvalue weighted by Gasteiger charge is 2.25. The van der Waals surface area contributed by atoms with Crippen LogP contribution in [0.3, 0.4) is 0 Å². The molecule has 4 N–H and O–H groups in total. The normalized spacial score (nSPS) is 16.3. The van der Waals surface area contributed by atoms with E-state index in [9.17, 15) is 18.8 Å². The minimum Gasteiger partial charge on any atom is -0.369 e. The Labute approximate surface area is 229 Å². The van der Waals surface area contributed by atoms with Gasteiger partial charge in [0, 0.05) is 56.7 Å². The van der Waals surface area contributed by atoms with Crippen molar-refractivity contribution in [3.63, 3.8) is 0 Å². The van der Waals surface area contributed by atoms with Gasteiger partial charge >= 0.3 is 12.1 Å². The van der Waals surface area contributed by atoms with E-state index in [4.69, 9.17) is 0 Å². The number of amides is 5. The van der Waals surface area contributed by atoms with Gasteiger partial charge in [0.05, 0.1) is 5.56 Å². The van der Waals surface area contributed by atoms with Crippen molar-refractivity contribution in [3.05, 3.63) is 59.4 Å². The molecule has 0 radical (unpaired) electrons. The van der Waals surface area contributed by atoms with Crippen LogP contribution in [0.15, 0.2) is 42.5 Å². The fourth-order valence-corrected chi connectivity index (χ4v) is 5.16. The molecule has 0 aromatic heterocycles. The molecule has 10 heteroatoms. The van der Waals surface area contributed by atoms with Gasteiger partial charge in [0.25, 0.3) is 5.91 Å². The number of halogens is 1. The van der Waals surface area contributed by atoms with Crippen LogP contribution in [0, 0.1) is 5.82 Å². The number of hydrogen-bond acceptors (Lipinski definition) is 4. The molecular formula is C29H39FN6O3. The van der Waals surface area contributed by atoms with Crippen LogP contribution in [0.5, 0.6) is 0 Å². The van der Waals surface area contributed by atoms with E-state index in [-0.39, 0.29) is 36.4 Å². The average molecular weight is 539 g/mol. The number of anilines is 2. The third-order valence-corrected chi connectivity index (χ3v) is 7.26. The van der Waals surface area contributed by atoms with Crippen molar-refractivity contribution in [1.82, 2.24) is 20.9 Å². The molecule has 1 heterocycles. The molecule has 1 aliphatic carbocycles. The van der Waals surface area contributed by atoms with E-state index < -0.39 is 0 Å². The standard InChI is InChI=1S/C29H39FN6O3/c1-2-31-28(38)33-24-13-14-26(25(19-24)27(37)32-20-21-9-11-22(30)12-10-21)35-15-6-16-36(18-17-35)29(39)34-23-7-4-3-5-8-23/h9-14,19,23H,2-8,15-18,20H2,1H3,(H,32,37)(H,34,39)(H2,31,33,38). The van der Waals surface area contributed by atoms with Crippen LogP contribution in [0.2, 0.25) is 0 Å². The Hall–Kier alpha value is -3.82. The monoisotopic (exact) mass is 538 g/mol. The number of urea groups is 2. The summed E-state index contributed by atoms with van der Waals surface area (Å²) >= 11 is 0. The van der Waals surface area contributed by atoms with Crippen molar-refractivity contribution in [2.75, 3.05) is 42.9 Å². The van der Waals surface area contributed by atoms with Crippen LogP contribution in [0.25, 0.3) is 0 Å². The Bertz CT molecular complexity index is 1140. The highest BCUT2D eigenvalue weighted by atomic mass is 19.1. The first kappa shape index (κ1) is 28.2. The van der Waals surface area contributed by atoms with Gasteiger partial charge < -0.3 is 31.1 Å². The lowest BCUT2D eigenvalue weighted by molar-refractivity contribution is 0.0951. The summed E-state index contributed by atoms with van der Waals surface area (Å²) in [5, 5.41) is 11.6. The largest absolute Gasteiger partial charge is 0.369 e. The van der Waals surface area contributed by atoms with Gasteiger partial charge in [-0.05, 0) is 62.1 Å². The van der Waals surface area contributed by atoms with E-state index in [0.717, 1.165) is 43.4 Å². The summed E-state index contributed by atoms with van der Waals surface area (Å²) in [6.07, 6.45) is 6.42.